The Hall–Kier alpha value is -2.70. The van der Waals surface area contributed by atoms with Gasteiger partial charge in [0.2, 0.25) is 5.91 Å². The maximum absolute atomic E-state index is 12.1. The van der Waals surface area contributed by atoms with Gasteiger partial charge in [-0.15, -0.1) is 0 Å². The van der Waals surface area contributed by atoms with Gasteiger partial charge in [-0.25, -0.2) is 4.79 Å². The van der Waals surface area contributed by atoms with Crippen LogP contribution in [0.5, 0.6) is 5.75 Å². The summed E-state index contributed by atoms with van der Waals surface area (Å²) < 4.78 is 5.86. The van der Waals surface area contributed by atoms with E-state index in [1.54, 1.807) is 32.9 Å². The zero-order chi connectivity index (χ0) is 18.8. The van der Waals surface area contributed by atoms with E-state index in [9.17, 15) is 14.7 Å². The van der Waals surface area contributed by atoms with Gasteiger partial charge in [-0.3, -0.25) is 4.79 Å². The molecule has 1 amide bonds. The lowest BCUT2D eigenvalue weighted by Crippen LogP contribution is -2.40. The standard InChI is InChI=1S/C18H25N3O4/c1-5-20-17(24)18(3,4)9-25-12-8-6-7-11-14(12)15(19)13(16(22)23)10(2)21-11/h6-8,10,21H,5,9,19H2,1-4H3,(H,20,24)(H,22,23). The van der Waals surface area contributed by atoms with Crippen molar-refractivity contribution in [3.63, 3.8) is 0 Å². The van der Waals surface area contributed by atoms with Gasteiger partial charge in [0, 0.05) is 12.2 Å². The number of carboxylic acids is 1. The van der Waals surface area contributed by atoms with Gasteiger partial charge in [0.15, 0.2) is 0 Å². The number of carbonyl (C=O) groups excluding carboxylic acids is 1. The van der Waals surface area contributed by atoms with E-state index >= 15 is 0 Å². The van der Waals surface area contributed by atoms with Crippen LogP contribution < -0.4 is 21.1 Å². The molecule has 0 aromatic heterocycles. The number of ether oxygens (including phenoxy) is 1. The van der Waals surface area contributed by atoms with Crippen molar-refractivity contribution in [2.75, 3.05) is 18.5 Å². The summed E-state index contributed by atoms with van der Waals surface area (Å²) in [5.74, 6) is -0.729. The molecular formula is C18H25N3O4. The molecule has 0 aliphatic carbocycles. The fourth-order valence-corrected chi connectivity index (χ4v) is 2.75. The van der Waals surface area contributed by atoms with Gasteiger partial charge >= 0.3 is 5.97 Å². The van der Waals surface area contributed by atoms with Crippen molar-refractivity contribution < 1.29 is 19.4 Å². The Morgan fingerprint density at radius 3 is 2.68 bits per heavy atom. The van der Waals surface area contributed by atoms with Crippen molar-refractivity contribution in [2.45, 2.75) is 33.7 Å². The SMILES string of the molecule is CCNC(=O)C(C)(C)COc1cccc2c1C(N)=C(C(=O)O)C(C)N2. The van der Waals surface area contributed by atoms with Crippen molar-refractivity contribution in [2.24, 2.45) is 11.1 Å². The molecule has 5 N–H and O–H groups in total. The lowest BCUT2D eigenvalue weighted by Gasteiger charge is -2.29. The van der Waals surface area contributed by atoms with Crippen LogP contribution in [0.4, 0.5) is 5.69 Å². The first-order chi connectivity index (χ1) is 11.7. The Labute approximate surface area is 147 Å². The van der Waals surface area contributed by atoms with Crippen LogP contribution in [0.1, 0.15) is 33.3 Å². The van der Waals surface area contributed by atoms with Gasteiger partial charge in [-0.2, -0.15) is 0 Å². The number of nitrogens with one attached hydrogen (secondary N) is 2. The van der Waals surface area contributed by atoms with E-state index in [2.05, 4.69) is 10.6 Å². The van der Waals surface area contributed by atoms with E-state index in [-0.39, 0.29) is 23.8 Å². The van der Waals surface area contributed by atoms with Crippen molar-refractivity contribution in [1.29, 1.82) is 0 Å². The third kappa shape index (κ3) is 3.70. The number of benzene rings is 1. The molecule has 1 aromatic rings. The van der Waals surface area contributed by atoms with Gasteiger partial charge in [0.1, 0.15) is 12.4 Å². The topological polar surface area (TPSA) is 114 Å². The van der Waals surface area contributed by atoms with Gasteiger partial charge in [-0.05, 0) is 39.8 Å². The molecule has 136 valence electrons. The number of hydrogen-bond acceptors (Lipinski definition) is 5. The first kappa shape index (κ1) is 18.6. The molecule has 0 radical (unpaired) electrons. The minimum atomic E-state index is -1.07. The molecule has 0 bridgehead atoms. The minimum absolute atomic E-state index is 0.103. The van der Waals surface area contributed by atoms with Crippen molar-refractivity contribution in [1.82, 2.24) is 5.32 Å². The van der Waals surface area contributed by atoms with Gasteiger partial charge < -0.3 is 26.2 Å². The number of nitrogens with two attached hydrogens (primary N) is 1. The maximum atomic E-state index is 12.1. The second-order valence-corrected chi connectivity index (χ2v) is 6.71. The van der Waals surface area contributed by atoms with Gasteiger partial charge in [0.05, 0.1) is 28.3 Å². The number of carboxylic acid groups (broad SMARTS) is 1. The molecule has 7 heteroatoms. The molecule has 1 unspecified atom stereocenters. The average Bonchev–Trinajstić information content (AvgIpc) is 2.52. The predicted octanol–water partition coefficient (Wildman–Crippen LogP) is 1.80. The highest BCUT2D eigenvalue weighted by Gasteiger charge is 2.31. The molecule has 1 aromatic carbocycles. The van der Waals surface area contributed by atoms with Crippen molar-refractivity contribution in [3.8, 4) is 5.75 Å². The van der Waals surface area contributed by atoms with E-state index in [0.717, 1.165) is 0 Å². The predicted molar refractivity (Wildman–Crippen MR) is 96.2 cm³/mol. The number of amides is 1. The highest BCUT2D eigenvalue weighted by molar-refractivity contribution is 6.02. The Balaban J connectivity index is 2.34. The Bertz CT molecular complexity index is 725. The Kier molecular flexibility index (Phi) is 5.25. The molecule has 1 atom stereocenters. The molecule has 7 nitrogen and oxygen atoms in total. The van der Waals surface area contributed by atoms with E-state index < -0.39 is 17.4 Å². The number of fused-ring (bicyclic) bond motifs is 1. The molecular weight excluding hydrogens is 322 g/mol. The lowest BCUT2D eigenvalue weighted by molar-refractivity contribution is -0.133. The Morgan fingerprint density at radius 2 is 2.08 bits per heavy atom. The summed E-state index contributed by atoms with van der Waals surface area (Å²) in [5.41, 5.74) is 6.91. The monoisotopic (exact) mass is 347 g/mol. The van der Waals surface area contributed by atoms with Crippen LogP contribution in [0.25, 0.3) is 5.70 Å². The molecule has 0 saturated heterocycles. The second kappa shape index (κ2) is 7.04. The summed E-state index contributed by atoms with van der Waals surface area (Å²) in [5, 5.41) is 15.3. The first-order valence-corrected chi connectivity index (χ1v) is 8.23. The summed E-state index contributed by atoms with van der Waals surface area (Å²) in [6.07, 6.45) is 0. The van der Waals surface area contributed by atoms with E-state index in [0.29, 0.717) is 23.5 Å². The van der Waals surface area contributed by atoms with Gasteiger partial charge in [-0.1, -0.05) is 6.07 Å². The highest BCUT2D eigenvalue weighted by atomic mass is 16.5. The highest BCUT2D eigenvalue weighted by Crippen LogP contribution is 2.38. The fourth-order valence-electron chi connectivity index (χ4n) is 2.75. The van der Waals surface area contributed by atoms with Crippen LogP contribution in [0.2, 0.25) is 0 Å². The fraction of sp³-hybridized carbons (Fsp3) is 0.444. The number of hydrogen-bond donors (Lipinski definition) is 4. The van der Waals surface area contributed by atoms with Crippen LogP contribution in [0, 0.1) is 5.41 Å². The van der Waals surface area contributed by atoms with Crippen molar-refractivity contribution >= 4 is 23.3 Å². The maximum Gasteiger partial charge on any atom is 0.335 e. The smallest absolute Gasteiger partial charge is 0.335 e. The molecule has 0 saturated carbocycles. The van der Waals surface area contributed by atoms with Gasteiger partial charge in [0.25, 0.3) is 0 Å². The van der Waals surface area contributed by atoms with Crippen LogP contribution in [0.15, 0.2) is 23.8 Å². The summed E-state index contributed by atoms with van der Waals surface area (Å²) in [4.78, 5) is 23.6. The number of rotatable bonds is 6. The minimum Gasteiger partial charge on any atom is -0.492 e. The summed E-state index contributed by atoms with van der Waals surface area (Å²) in [6, 6.07) is 4.92. The van der Waals surface area contributed by atoms with Crippen LogP contribution in [-0.4, -0.2) is 36.2 Å². The molecule has 1 aliphatic heterocycles. The number of aliphatic carboxylic acids is 1. The molecule has 2 rings (SSSR count). The normalized spacial score (nSPS) is 16.7. The Morgan fingerprint density at radius 1 is 1.40 bits per heavy atom. The summed E-state index contributed by atoms with van der Waals surface area (Å²) in [7, 11) is 0. The van der Waals surface area contributed by atoms with Crippen LogP contribution >= 0.6 is 0 Å². The first-order valence-electron chi connectivity index (χ1n) is 8.23. The quantitative estimate of drug-likeness (QED) is 0.624. The zero-order valence-corrected chi connectivity index (χ0v) is 15.0. The molecule has 0 spiro atoms. The van der Waals surface area contributed by atoms with E-state index in [1.807, 2.05) is 13.0 Å². The molecule has 1 aliphatic rings. The van der Waals surface area contributed by atoms with E-state index in [4.69, 9.17) is 10.5 Å². The molecule has 25 heavy (non-hydrogen) atoms. The average molecular weight is 347 g/mol. The summed E-state index contributed by atoms with van der Waals surface area (Å²) in [6.45, 7) is 7.85. The molecule has 1 heterocycles. The lowest BCUT2D eigenvalue weighted by atomic mass is 9.93. The third-order valence-electron chi connectivity index (χ3n) is 4.16. The van der Waals surface area contributed by atoms with Crippen LogP contribution in [0.3, 0.4) is 0 Å². The van der Waals surface area contributed by atoms with E-state index in [1.165, 1.54) is 0 Å². The van der Waals surface area contributed by atoms with Crippen molar-refractivity contribution in [3.05, 3.63) is 29.3 Å². The summed E-state index contributed by atoms with van der Waals surface area (Å²) >= 11 is 0. The number of anilines is 1. The third-order valence-corrected chi connectivity index (χ3v) is 4.16. The zero-order valence-electron chi connectivity index (χ0n) is 15.0. The number of carbonyl (C=O) groups is 2. The second-order valence-electron chi connectivity index (χ2n) is 6.71. The largest absolute Gasteiger partial charge is 0.492 e. The van der Waals surface area contributed by atoms with Crippen LogP contribution in [-0.2, 0) is 9.59 Å². The molecule has 0 fully saturated rings.